The smallest absolute Gasteiger partial charge is 0.257 e. The van der Waals surface area contributed by atoms with Crippen molar-refractivity contribution in [1.29, 1.82) is 0 Å². The van der Waals surface area contributed by atoms with Crippen LogP contribution in [0.25, 0.3) is 0 Å². The maximum Gasteiger partial charge on any atom is 0.257 e. The van der Waals surface area contributed by atoms with Gasteiger partial charge in [0.05, 0.1) is 6.23 Å². The predicted molar refractivity (Wildman–Crippen MR) is 55.2 cm³/mol. The summed E-state index contributed by atoms with van der Waals surface area (Å²) in [5, 5.41) is 0. The van der Waals surface area contributed by atoms with Gasteiger partial charge in [0.15, 0.2) is 0 Å². The number of methoxy groups -OCH3 is 1. The first-order valence-corrected chi connectivity index (χ1v) is 6.16. The van der Waals surface area contributed by atoms with E-state index in [0.29, 0.717) is 0 Å². The molecular formula is C8H20N2OSi. The molecule has 0 saturated heterocycles. The lowest BCUT2D eigenvalue weighted by Gasteiger charge is -2.39. The van der Waals surface area contributed by atoms with Crippen LogP contribution in [-0.2, 0) is 4.74 Å². The van der Waals surface area contributed by atoms with E-state index in [4.69, 9.17) is 4.74 Å². The van der Waals surface area contributed by atoms with Gasteiger partial charge in [0.1, 0.15) is 0 Å². The molecule has 0 spiro atoms. The molecule has 0 aromatic rings. The van der Waals surface area contributed by atoms with Gasteiger partial charge in [-0.2, -0.15) is 0 Å². The number of hydrogen-bond acceptors (Lipinski definition) is 3. The van der Waals surface area contributed by atoms with Crippen molar-refractivity contribution in [1.82, 2.24) is 9.13 Å². The number of ether oxygens (including phenoxy) is 1. The molecule has 0 heterocycles. The molecule has 0 bridgehead atoms. The molecule has 0 aliphatic rings. The second-order valence-electron chi connectivity index (χ2n) is 3.30. The lowest BCUT2D eigenvalue weighted by molar-refractivity contribution is 0.228. The van der Waals surface area contributed by atoms with Crippen LogP contribution in [0.5, 0.6) is 0 Å². The van der Waals surface area contributed by atoms with Gasteiger partial charge < -0.3 is 13.9 Å². The molecule has 0 unspecified atom stereocenters. The maximum atomic E-state index is 5.23. The Morgan fingerprint density at radius 2 is 1.67 bits per heavy atom. The Bertz CT molecular complexity index is 140. The van der Waals surface area contributed by atoms with Gasteiger partial charge in [-0.15, -0.1) is 6.58 Å². The number of nitrogens with zero attached hydrogens (tertiary/aromatic N) is 2. The third kappa shape index (κ3) is 2.16. The van der Waals surface area contributed by atoms with Gasteiger partial charge in [0, 0.05) is 7.11 Å². The first-order chi connectivity index (χ1) is 5.51. The van der Waals surface area contributed by atoms with Crippen LogP contribution in [0.4, 0.5) is 0 Å². The van der Waals surface area contributed by atoms with Crippen molar-refractivity contribution < 1.29 is 4.74 Å². The predicted octanol–water partition coefficient (Wildman–Crippen LogP) is 0.463. The first-order valence-electron chi connectivity index (χ1n) is 3.98. The van der Waals surface area contributed by atoms with Crippen LogP contribution in [-0.4, -0.2) is 59.1 Å². The van der Waals surface area contributed by atoms with Crippen molar-refractivity contribution in [3.8, 4) is 0 Å². The molecule has 0 radical (unpaired) electrons. The summed E-state index contributed by atoms with van der Waals surface area (Å²) >= 11 is 0. The van der Waals surface area contributed by atoms with Gasteiger partial charge in [-0.1, -0.05) is 5.70 Å². The average molecular weight is 188 g/mol. The minimum absolute atomic E-state index is 0.760. The van der Waals surface area contributed by atoms with Gasteiger partial charge in [0.25, 0.3) is 8.40 Å². The molecule has 72 valence electrons. The van der Waals surface area contributed by atoms with Gasteiger partial charge in [-0.25, -0.2) is 0 Å². The van der Waals surface area contributed by atoms with Crippen molar-refractivity contribution in [2.45, 2.75) is 0 Å². The van der Waals surface area contributed by atoms with E-state index in [1.165, 1.54) is 0 Å². The van der Waals surface area contributed by atoms with E-state index in [1.807, 2.05) is 5.70 Å². The fraction of sp³-hybridized carbons (Fsp3) is 0.750. The fourth-order valence-corrected chi connectivity index (χ4v) is 3.88. The summed E-state index contributed by atoms with van der Waals surface area (Å²) in [5.74, 6) is 0. The summed E-state index contributed by atoms with van der Waals surface area (Å²) in [4.78, 5) is 0. The highest BCUT2D eigenvalue weighted by Crippen LogP contribution is 2.10. The Labute approximate surface area is 76.8 Å². The van der Waals surface area contributed by atoms with Crippen LogP contribution in [0, 0.1) is 0 Å². The summed E-state index contributed by atoms with van der Waals surface area (Å²) in [6, 6.07) is 0. The minimum atomic E-state index is -1.72. The highest BCUT2D eigenvalue weighted by molar-refractivity contribution is 6.79. The van der Waals surface area contributed by atoms with Crippen LogP contribution >= 0.6 is 0 Å². The number of rotatable bonds is 5. The Kier molecular flexibility index (Phi) is 4.70. The Morgan fingerprint density at radius 3 is 1.75 bits per heavy atom. The Balaban J connectivity index is 4.63. The highest BCUT2D eigenvalue weighted by atomic mass is 28.3. The van der Waals surface area contributed by atoms with Crippen molar-refractivity contribution in [3.05, 3.63) is 12.3 Å². The summed E-state index contributed by atoms with van der Waals surface area (Å²) < 4.78 is 9.68. The highest BCUT2D eigenvalue weighted by Gasteiger charge is 2.36. The fourth-order valence-electron chi connectivity index (χ4n) is 1.29. The standard InChI is InChI=1S/C8H20N2OSi/c1-7-12(8-11-6,9(2)3)10(4)5/h7H,1,8H2,2-6H3. The zero-order valence-electron chi connectivity index (χ0n) is 8.79. The van der Waals surface area contributed by atoms with Gasteiger partial charge in [0.2, 0.25) is 0 Å². The molecule has 12 heavy (non-hydrogen) atoms. The van der Waals surface area contributed by atoms with Gasteiger partial charge in [-0.3, -0.25) is 0 Å². The third-order valence-electron chi connectivity index (χ3n) is 2.23. The molecule has 0 rings (SSSR count). The molecule has 0 fully saturated rings. The van der Waals surface area contributed by atoms with Crippen LogP contribution in [0.2, 0.25) is 0 Å². The molecular weight excluding hydrogens is 168 g/mol. The molecule has 4 heteroatoms. The van der Waals surface area contributed by atoms with E-state index < -0.39 is 8.40 Å². The van der Waals surface area contributed by atoms with Crippen molar-refractivity contribution >= 4 is 8.40 Å². The van der Waals surface area contributed by atoms with E-state index in [2.05, 4.69) is 43.9 Å². The minimum Gasteiger partial charge on any atom is -0.385 e. The molecule has 0 atom stereocenters. The largest absolute Gasteiger partial charge is 0.385 e. The Hall–Kier alpha value is -0.163. The van der Waals surface area contributed by atoms with E-state index in [-0.39, 0.29) is 0 Å². The molecule has 0 aliphatic carbocycles. The van der Waals surface area contributed by atoms with Crippen molar-refractivity contribution in [3.63, 3.8) is 0 Å². The van der Waals surface area contributed by atoms with Gasteiger partial charge in [-0.05, 0) is 28.2 Å². The quantitative estimate of drug-likeness (QED) is 0.583. The lowest BCUT2D eigenvalue weighted by atomic mass is 11.2. The van der Waals surface area contributed by atoms with Crippen molar-refractivity contribution in [2.75, 3.05) is 41.5 Å². The molecule has 0 aromatic heterocycles. The Morgan fingerprint density at radius 1 is 1.25 bits per heavy atom. The number of hydrogen-bond donors (Lipinski definition) is 0. The molecule has 0 aromatic carbocycles. The second-order valence-corrected chi connectivity index (χ2v) is 7.55. The van der Waals surface area contributed by atoms with Crippen LogP contribution in [0.1, 0.15) is 0 Å². The summed E-state index contributed by atoms with van der Waals surface area (Å²) in [6.45, 7) is 3.89. The lowest BCUT2D eigenvalue weighted by Crippen LogP contribution is -2.62. The molecule has 3 nitrogen and oxygen atoms in total. The summed E-state index contributed by atoms with van der Waals surface area (Å²) in [5.41, 5.74) is 2.04. The topological polar surface area (TPSA) is 15.7 Å². The van der Waals surface area contributed by atoms with Crippen LogP contribution < -0.4 is 0 Å². The van der Waals surface area contributed by atoms with E-state index >= 15 is 0 Å². The van der Waals surface area contributed by atoms with E-state index in [9.17, 15) is 0 Å². The molecule has 0 aliphatic heterocycles. The SMILES string of the molecule is C=C[Si](COC)(N(C)C)N(C)C. The zero-order valence-corrected chi connectivity index (χ0v) is 9.79. The second kappa shape index (κ2) is 4.76. The average Bonchev–Trinajstić information content (AvgIpc) is 1.98. The molecule has 0 amide bonds. The van der Waals surface area contributed by atoms with Crippen LogP contribution in [0.3, 0.4) is 0 Å². The van der Waals surface area contributed by atoms with Crippen LogP contribution in [0.15, 0.2) is 12.3 Å². The van der Waals surface area contributed by atoms with E-state index in [0.717, 1.165) is 6.23 Å². The molecule has 0 N–H and O–H groups in total. The third-order valence-corrected chi connectivity index (χ3v) is 6.70. The van der Waals surface area contributed by atoms with Crippen molar-refractivity contribution in [2.24, 2.45) is 0 Å². The first kappa shape index (κ1) is 11.8. The molecule has 0 saturated carbocycles. The summed E-state index contributed by atoms with van der Waals surface area (Å²) in [7, 11) is 8.32. The van der Waals surface area contributed by atoms with E-state index in [1.54, 1.807) is 7.11 Å². The normalized spacial score (nSPS) is 12.6. The zero-order chi connectivity index (χ0) is 9.78. The monoisotopic (exact) mass is 188 g/mol. The maximum absolute atomic E-state index is 5.23. The van der Waals surface area contributed by atoms with Gasteiger partial charge >= 0.3 is 0 Å². The summed E-state index contributed by atoms with van der Waals surface area (Å²) in [6.07, 6.45) is 0.760.